The minimum atomic E-state index is 0.463. The lowest BCUT2D eigenvalue weighted by atomic mass is 10.0. The molecule has 1 aromatic heterocycles. The summed E-state index contributed by atoms with van der Waals surface area (Å²) in [6, 6.07) is 27.2. The Morgan fingerprint density at radius 2 is 1.57 bits per heavy atom. The van der Waals surface area contributed by atoms with Gasteiger partial charge in [0, 0.05) is 6.54 Å². The Kier molecular flexibility index (Phi) is 5.43. The molecule has 0 atom stereocenters. The highest BCUT2D eigenvalue weighted by atomic mass is 16.5. The second-order valence-corrected chi connectivity index (χ2v) is 7.42. The molecule has 0 N–H and O–H groups in total. The summed E-state index contributed by atoms with van der Waals surface area (Å²) in [7, 11) is 0. The van der Waals surface area contributed by atoms with Crippen molar-refractivity contribution >= 4 is 11.0 Å². The molecular formula is C25H26N2O. The smallest absolute Gasteiger partial charge is 0.148 e. The lowest BCUT2D eigenvalue weighted by Gasteiger charge is -2.12. The van der Waals surface area contributed by atoms with Crippen molar-refractivity contribution < 1.29 is 4.74 Å². The Balaban J connectivity index is 1.54. The van der Waals surface area contributed by atoms with Crippen LogP contribution in [0.3, 0.4) is 0 Å². The van der Waals surface area contributed by atoms with Gasteiger partial charge in [0.2, 0.25) is 0 Å². The van der Waals surface area contributed by atoms with Crippen molar-refractivity contribution in [2.45, 2.75) is 39.3 Å². The largest absolute Gasteiger partial charge is 0.486 e. The minimum absolute atomic E-state index is 0.463. The lowest BCUT2D eigenvalue weighted by Crippen LogP contribution is -2.09. The van der Waals surface area contributed by atoms with Gasteiger partial charge in [0.05, 0.1) is 11.0 Å². The van der Waals surface area contributed by atoms with Crippen molar-refractivity contribution in [1.82, 2.24) is 9.55 Å². The normalized spacial score (nSPS) is 11.2. The van der Waals surface area contributed by atoms with E-state index in [0.717, 1.165) is 35.6 Å². The number of benzene rings is 3. The standard InChI is InChI=1S/C25H26N2O/c1-19(2)21-12-14-22(15-13-21)28-18-25-26-23-10-6-7-11-24(23)27(25)17-16-20-8-4-3-5-9-20/h3-15,19H,16-18H2,1-2H3. The first-order valence-electron chi connectivity index (χ1n) is 9.91. The van der Waals surface area contributed by atoms with Gasteiger partial charge in [0.25, 0.3) is 0 Å². The Morgan fingerprint density at radius 1 is 0.857 bits per heavy atom. The molecule has 0 aliphatic rings. The molecule has 0 unspecified atom stereocenters. The van der Waals surface area contributed by atoms with E-state index < -0.39 is 0 Å². The van der Waals surface area contributed by atoms with Crippen molar-refractivity contribution in [1.29, 1.82) is 0 Å². The predicted octanol–water partition coefficient (Wildman–Crippen LogP) is 5.98. The Morgan fingerprint density at radius 3 is 2.32 bits per heavy atom. The second-order valence-electron chi connectivity index (χ2n) is 7.42. The average molecular weight is 370 g/mol. The van der Waals surface area contributed by atoms with Gasteiger partial charge in [-0.05, 0) is 47.7 Å². The zero-order valence-corrected chi connectivity index (χ0v) is 16.5. The summed E-state index contributed by atoms with van der Waals surface area (Å²) in [6.45, 7) is 5.75. The minimum Gasteiger partial charge on any atom is -0.486 e. The molecule has 0 saturated heterocycles. The van der Waals surface area contributed by atoms with Crippen LogP contribution in [-0.2, 0) is 19.6 Å². The molecule has 0 spiro atoms. The molecular weight excluding hydrogens is 344 g/mol. The molecule has 28 heavy (non-hydrogen) atoms. The molecule has 4 aromatic rings. The van der Waals surface area contributed by atoms with Crippen molar-refractivity contribution in [3.63, 3.8) is 0 Å². The van der Waals surface area contributed by atoms with Gasteiger partial charge >= 0.3 is 0 Å². The van der Waals surface area contributed by atoms with E-state index in [0.29, 0.717) is 12.5 Å². The van der Waals surface area contributed by atoms with E-state index >= 15 is 0 Å². The van der Waals surface area contributed by atoms with E-state index in [-0.39, 0.29) is 0 Å². The summed E-state index contributed by atoms with van der Waals surface area (Å²) >= 11 is 0. The van der Waals surface area contributed by atoms with E-state index in [1.165, 1.54) is 11.1 Å². The van der Waals surface area contributed by atoms with Crippen LogP contribution in [0.25, 0.3) is 11.0 Å². The summed E-state index contributed by atoms with van der Waals surface area (Å²) in [6.07, 6.45) is 0.970. The number of fused-ring (bicyclic) bond motifs is 1. The molecule has 0 radical (unpaired) electrons. The fourth-order valence-corrected chi connectivity index (χ4v) is 3.47. The zero-order valence-electron chi connectivity index (χ0n) is 16.5. The molecule has 0 aliphatic heterocycles. The molecule has 0 bridgehead atoms. The third-order valence-corrected chi connectivity index (χ3v) is 5.12. The molecule has 0 saturated carbocycles. The quantitative estimate of drug-likeness (QED) is 0.400. The molecule has 4 rings (SSSR count). The van der Waals surface area contributed by atoms with Crippen LogP contribution in [0.2, 0.25) is 0 Å². The average Bonchev–Trinajstić information content (AvgIpc) is 3.09. The zero-order chi connectivity index (χ0) is 19.3. The number of imidazole rings is 1. The first-order chi connectivity index (χ1) is 13.7. The predicted molar refractivity (Wildman–Crippen MR) is 115 cm³/mol. The first-order valence-corrected chi connectivity index (χ1v) is 9.91. The fraction of sp³-hybridized carbons (Fsp3) is 0.240. The van der Waals surface area contributed by atoms with Crippen LogP contribution in [0, 0.1) is 0 Å². The molecule has 3 aromatic carbocycles. The molecule has 3 heteroatoms. The van der Waals surface area contributed by atoms with Gasteiger partial charge in [-0.25, -0.2) is 4.98 Å². The van der Waals surface area contributed by atoms with Crippen LogP contribution in [0.15, 0.2) is 78.9 Å². The van der Waals surface area contributed by atoms with E-state index in [1.807, 2.05) is 18.2 Å². The van der Waals surface area contributed by atoms with Crippen LogP contribution in [0.5, 0.6) is 5.75 Å². The van der Waals surface area contributed by atoms with Crippen LogP contribution >= 0.6 is 0 Å². The number of aryl methyl sites for hydroxylation is 2. The monoisotopic (exact) mass is 370 g/mol. The van der Waals surface area contributed by atoms with Crippen molar-refractivity contribution in [3.8, 4) is 5.75 Å². The molecule has 0 fully saturated rings. The molecule has 0 amide bonds. The van der Waals surface area contributed by atoms with Crippen LogP contribution < -0.4 is 4.74 Å². The summed E-state index contributed by atoms with van der Waals surface area (Å²) < 4.78 is 8.35. The van der Waals surface area contributed by atoms with Gasteiger partial charge in [0.15, 0.2) is 0 Å². The van der Waals surface area contributed by atoms with E-state index in [2.05, 4.69) is 79.1 Å². The van der Waals surface area contributed by atoms with E-state index in [9.17, 15) is 0 Å². The highest BCUT2D eigenvalue weighted by Gasteiger charge is 2.11. The van der Waals surface area contributed by atoms with Gasteiger partial charge < -0.3 is 9.30 Å². The van der Waals surface area contributed by atoms with E-state index in [1.54, 1.807) is 0 Å². The SMILES string of the molecule is CC(C)c1ccc(OCc2nc3ccccc3n2CCc2ccccc2)cc1. The third-order valence-electron chi connectivity index (χ3n) is 5.12. The van der Waals surface area contributed by atoms with Crippen LogP contribution in [0.1, 0.15) is 36.7 Å². The number of aromatic nitrogens is 2. The van der Waals surface area contributed by atoms with Crippen LogP contribution in [-0.4, -0.2) is 9.55 Å². The van der Waals surface area contributed by atoms with E-state index in [4.69, 9.17) is 9.72 Å². The Labute approximate surface area is 166 Å². The van der Waals surface area contributed by atoms with Crippen molar-refractivity contribution in [3.05, 3.63) is 95.8 Å². The molecule has 1 heterocycles. The highest BCUT2D eigenvalue weighted by molar-refractivity contribution is 5.75. The van der Waals surface area contributed by atoms with Gasteiger partial charge in [-0.15, -0.1) is 0 Å². The Bertz CT molecular complexity index is 1030. The fourth-order valence-electron chi connectivity index (χ4n) is 3.47. The van der Waals surface area contributed by atoms with Crippen molar-refractivity contribution in [2.24, 2.45) is 0 Å². The second kappa shape index (κ2) is 8.30. The lowest BCUT2D eigenvalue weighted by molar-refractivity contribution is 0.290. The highest BCUT2D eigenvalue weighted by Crippen LogP contribution is 2.21. The first kappa shape index (κ1) is 18.3. The van der Waals surface area contributed by atoms with Gasteiger partial charge in [0.1, 0.15) is 18.2 Å². The number of ether oxygens (including phenoxy) is 1. The van der Waals surface area contributed by atoms with Gasteiger partial charge in [-0.1, -0.05) is 68.4 Å². The van der Waals surface area contributed by atoms with Crippen LogP contribution in [0.4, 0.5) is 0 Å². The number of hydrogen-bond donors (Lipinski definition) is 0. The number of nitrogens with zero attached hydrogens (tertiary/aromatic N) is 2. The third kappa shape index (κ3) is 4.09. The van der Waals surface area contributed by atoms with Gasteiger partial charge in [-0.3, -0.25) is 0 Å². The number of para-hydroxylation sites is 2. The number of hydrogen-bond acceptors (Lipinski definition) is 2. The topological polar surface area (TPSA) is 27.1 Å². The van der Waals surface area contributed by atoms with Gasteiger partial charge in [-0.2, -0.15) is 0 Å². The summed E-state index contributed by atoms with van der Waals surface area (Å²) in [4.78, 5) is 4.82. The van der Waals surface area contributed by atoms with Crippen molar-refractivity contribution in [2.75, 3.05) is 0 Å². The maximum Gasteiger partial charge on any atom is 0.148 e. The number of rotatable bonds is 7. The summed E-state index contributed by atoms with van der Waals surface area (Å²) in [5.74, 6) is 2.37. The molecule has 0 aliphatic carbocycles. The summed E-state index contributed by atoms with van der Waals surface area (Å²) in [5, 5.41) is 0. The molecule has 3 nitrogen and oxygen atoms in total. The summed E-state index contributed by atoms with van der Waals surface area (Å²) in [5.41, 5.74) is 4.83. The maximum absolute atomic E-state index is 6.07. The Hall–Kier alpha value is -3.07. The molecule has 142 valence electrons. The maximum atomic E-state index is 6.07.